The van der Waals surface area contributed by atoms with Crippen LogP contribution >= 0.6 is 0 Å². The molecule has 0 aromatic carbocycles. The summed E-state index contributed by atoms with van der Waals surface area (Å²) in [5, 5.41) is 3.19. The van der Waals surface area contributed by atoms with Crippen molar-refractivity contribution in [1.29, 1.82) is 0 Å². The number of amides is 3. The highest BCUT2D eigenvalue weighted by atomic mass is 16.2. The molecule has 2 atom stereocenters. The molecular weight excluding hydrogens is 356 g/mol. The highest BCUT2D eigenvalue weighted by Gasteiger charge is 2.32. The second kappa shape index (κ2) is 9.72. The SMILES string of the molecule is CN1CCN(C(=O)[C@@H]2CCC[C@@H](NC(=O)C3CCCC3)CN(C)C(=O)C2)CC1. The summed E-state index contributed by atoms with van der Waals surface area (Å²) in [5.41, 5.74) is 0. The van der Waals surface area contributed by atoms with Crippen LogP contribution < -0.4 is 5.32 Å². The fraction of sp³-hybridized carbons (Fsp3) is 0.857. The third-order valence-electron chi connectivity index (χ3n) is 6.68. The van der Waals surface area contributed by atoms with E-state index in [0.29, 0.717) is 6.54 Å². The van der Waals surface area contributed by atoms with Gasteiger partial charge in [-0.05, 0) is 32.7 Å². The zero-order chi connectivity index (χ0) is 20.1. The van der Waals surface area contributed by atoms with Crippen LogP contribution in [0.2, 0.25) is 0 Å². The highest BCUT2D eigenvalue weighted by Crippen LogP contribution is 2.26. The van der Waals surface area contributed by atoms with Gasteiger partial charge >= 0.3 is 0 Å². The van der Waals surface area contributed by atoms with Crippen molar-refractivity contribution in [1.82, 2.24) is 20.0 Å². The number of likely N-dealkylation sites (N-methyl/N-ethyl adjacent to an activating group) is 2. The number of hydrogen-bond donors (Lipinski definition) is 1. The summed E-state index contributed by atoms with van der Waals surface area (Å²) in [6.45, 7) is 3.81. The summed E-state index contributed by atoms with van der Waals surface area (Å²) < 4.78 is 0. The Morgan fingerprint density at radius 2 is 1.54 bits per heavy atom. The van der Waals surface area contributed by atoms with Gasteiger partial charge in [0, 0.05) is 64.1 Å². The minimum absolute atomic E-state index is 0.00879. The normalized spacial score (nSPS) is 28.6. The van der Waals surface area contributed by atoms with E-state index in [1.165, 1.54) is 0 Å². The van der Waals surface area contributed by atoms with Crippen molar-refractivity contribution in [2.75, 3.05) is 46.8 Å². The second-order valence-electron chi connectivity index (χ2n) is 8.92. The third-order valence-corrected chi connectivity index (χ3v) is 6.68. The van der Waals surface area contributed by atoms with Crippen LogP contribution in [-0.4, -0.2) is 85.3 Å². The van der Waals surface area contributed by atoms with Crippen LogP contribution in [0.3, 0.4) is 0 Å². The molecule has 0 bridgehead atoms. The molecule has 158 valence electrons. The van der Waals surface area contributed by atoms with Gasteiger partial charge in [-0.1, -0.05) is 19.3 Å². The average molecular weight is 393 g/mol. The molecular formula is C21H36N4O3. The minimum Gasteiger partial charge on any atom is -0.351 e. The standard InChI is InChI=1S/C21H36N4O3/c1-23-10-12-25(13-11-23)21(28)17-8-5-9-18(15-24(2)19(26)14-17)22-20(27)16-6-3-4-7-16/h16-18H,3-15H2,1-2H3,(H,22,27)/t17-,18-/m1/s1. The third kappa shape index (κ3) is 5.46. The molecule has 2 saturated heterocycles. The molecule has 1 aliphatic carbocycles. The number of rotatable bonds is 3. The molecule has 7 heteroatoms. The lowest BCUT2D eigenvalue weighted by Gasteiger charge is -2.34. The molecule has 0 aromatic heterocycles. The van der Waals surface area contributed by atoms with Gasteiger partial charge in [-0.25, -0.2) is 0 Å². The molecule has 7 nitrogen and oxygen atoms in total. The van der Waals surface area contributed by atoms with Crippen LogP contribution in [0.1, 0.15) is 51.4 Å². The Balaban J connectivity index is 1.57. The predicted octanol–water partition coefficient (Wildman–Crippen LogP) is 1.08. The molecule has 3 aliphatic rings. The van der Waals surface area contributed by atoms with E-state index < -0.39 is 0 Å². The molecule has 0 spiro atoms. The number of hydrogen-bond acceptors (Lipinski definition) is 4. The summed E-state index contributed by atoms with van der Waals surface area (Å²) in [7, 11) is 3.86. The molecule has 2 heterocycles. The number of piperazine rings is 1. The van der Waals surface area contributed by atoms with Crippen molar-refractivity contribution < 1.29 is 14.4 Å². The Kier molecular flexibility index (Phi) is 7.32. The largest absolute Gasteiger partial charge is 0.351 e. The molecule has 1 saturated carbocycles. The molecule has 2 aliphatic heterocycles. The first-order valence-electron chi connectivity index (χ1n) is 11.0. The lowest BCUT2D eigenvalue weighted by atomic mass is 9.95. The van der Waals surface area contributed by atoms with Gasteiger partial charge in [0.25, 0.3) is 0 Å². The second-order valence-corrected chi connectivity index (χ2v) is 8.92. The minimum atomic E-state index is -0.234. The Morgan fingerprint density at radius 3 is 2.21 bits per heavy atom. The maximum Gasteiger partial charge on any atom is 0.226 e. The smallest absolute Gasteiger partial charge is 0.226 e. The van der Waals surface area contributed by atoms with Crippen LogP contribution in [0.25, 0.3) is 0 Å². The molecule has 3 amide bonds. The summed E-state index contributed by atoms with van der Waals surface area (Å²) >= 11 is 0. The van der Waals surface area contributed by atoms with E-state index in [1.807, 2.05) is 4.90 Å². The van der Waals surface area contributed by atoms with Crippen LogP contribution in [0.5, 0.6) is 0 Å². The summed E-state index contributed by atoms with van der Waals surface area (Å²) in [5.74, 6) is 0.188. The van der Waals surface area contributed by atoms with Crippen LogP contribution in [-0.2, 0) is 14.4 Å². The maximum atomic E-state index is 13.0. The molecule has 0 aromatic rings. The Morgan fingerprint density at radius 1 is 0.893 bits per heavy atom. The number of carbonyl (C=O) groups excluding carboxylic acids is 3. The quantitative estimate of drug-likeness (QED) is 0.780. The van der Waals surface area contributed by atoms with Crippen molar-refractivity contribution in [2.45, 2.75) is 57.4 Å². The molecule has 0 radical (unpaired) electrons. The molecule has 1 N–H and O–H groups in total. The van der Waals surface area contributed by atoms with E-state index in [2.05, 4.69) is 17.3 Å². The lowest BCUT2D eigenvalue weighted by Crippen LogP contribution is -2.49. The van der Waals surface area contributed by atoms with Crippen LogP contribution in [0.4, 0.5) is 0 Å². The van der Waals surface area contributed by atoms with E-state index in [-0.39, 0.29) is 42.0 Å². The average Bonchev–Trinajstić information content (AvgIpc) is 3.22. The maximum absolute atomic E-state index is 13.0. The van der Waals surface area contributed by atoms with Gasteiger partial charge < -0.3 is 20.0 Å². The Hall–Kier alpha value is -1.63. The summed E-state index contributed by atoms with van der Waals surface area (Å²) in [4.78, 5) is 44.0. The van der Waals surface area contributed by atoms with Crippen molar-refractivity contribution in [3.8, 4) is 0 Å². The summed E-state index contributed by atoms with van der Waals surface area (Å²) in [6, 6.07) is -0.0143. The van der Waals surface area contributed by atoms with Gasteiger partial charge in [0.05, 0.1) is 0 Å². The fourth-order valence-corrected chi connectivity index (χ4v) is 4.72. The van der Waals surface area contributed by atoms with Gasteiger partial charge in [0.2, 0.25) is 17.7 Å². The van der Waals surface area contributed by atoms with E-state index in [0.717, 1.165) is 71.1 Å². The van der Waals surface area contributed by atoms with Gasteiger partial charge in [-0.15, -0.1) is 0 Å². The van der Waals surface area contributed by atoms with Crippen molar-refractivity contribution in [3.05, 3.63) is 0 Å². The van der Waals surface area contributed by atoms with Gasteiger partial charge in [-0.3, -0.25) is 14.4 Å². The van der Waals surface area contributed by atoms with Crippen molar-refractivity contribution in [2.24, 2.45) is 11.8 Å². The first-order chi connectivity index (χ1) is 13.4. The van der Waals surface area contributed by atoms with E-state index in [1.54, 1.807) is 11.9 Å². The topological polar surface area (TPSA) is 73.0 Å². The van der Waals surface area contributed by atoms with Gasteiger partial charge in [-0.2, -0.15) is 0 Å². The molecule has 0 unspecified atom stereocenters. The Bertz CT molecular complexity index is 568. The molecule has 28 heavy (non-hydrogen) atoms. The summed E-state index contributed by atoms with van der Waals surface area (Å²) in [6.07, 6.45) is 6.92. The van der Waals surface area contributed by atoms with E-state index in [9.17, 15) is 14.4 Å². The van der Waals surface area contributed by atoms with Gasteiger partial charge in [0.15, 0.2) is 0 Å². The first-order valence-corrected chi connectivity index (χ1v) is 11.0. The molecule has 3 fully saturated rings. The van der Waals surface area contributed by atoms with E-state index in [4.69, 9.17) is 0 Å². The van der Waals surface area contributed by atoms with E-state index >= 15 is 0 Å². The predicted molar refractivity (Wildman–Crippen MR) is 108 cm³/mol. The Labute approximate surface area is 168 Å². The number of nitrogens with one attached hydrogen (secondary N) is 1. The van der Waals surface area contributed by atoms with Crippen LogP contribution in [0, 0.1) is 11.8 Å². The highest BCUT2D eigenvalue weighted by molar-refractivity contribution is 5.86. The zero-order valence-corrected chi connectivity index (χ0v) is 17.5. The van der Waals surface area contributed by atoms with Crippen molar-refractivity contribution in [3.63, 3.8) is 0 Å². The monoisotopic (exact) mass is 392 g/mol. The van der Waals surface area contributed by atoms with Gasteiger partial charge in [0.1, 0.15) is 0 Å². The van der Waals surface area contributed by atoms with Crippen LogP contribution in [0.15, 0.2) is 0 Å². The first kappa shape index (κ1) is 21.1. The zero-order valence-electron chi connectivity index (χ0n) is 17.5. The fourth-order valence-electron chi connectivity index (χ4n) is 4.72. The lowest BCUT2D eigenvalue weighted by molar-refractivity contribution is -0.142. The number of carbonyl (C=O) groups is 3. The molecule has 3 rings (SSSR count). The number of nitrogens with zero attached hydrogens (tertiary/aromatic N) is 3. The van der Waals surface area contributed by atoms with Crippen molar-refractivity contribution >= 4 is 17.7 Å².